The molecule has 2 aliphatic carbocycles. The second-order valence-electron chi connectivity index (χ2n) is 10.8. The van der Waals surface area contributed by atoms with Gasteiger partial charge in [0, 0.05) is 29.9 Å². The van der Waals surface area contributed by atoms with Crippen molar-refractivity contribution in [2.45, 2.75) is 108 Å². The molecule has 2 aliphatic heterocycles. The van der Waals surface area contributed by atoms with Gasteiger partial charge in [-0.2, -0.15) is 0 Å². The standard InChI is InChI=1S/C28H39N3O2/c1-19-12-15-26(27(32)29-19)31-18-22-17-20(13-14-24(22)28(31)33)16-21-8-6-7-11-25(21)30-23-9-4-2-3-5-10-23/h13-14,17,21,23,25-26,30H,1-12,15-16,18H2,(H,29,32)/t21-,25+,26?/m1/s1. The average Bonchev–Trinajstić information content (AvgIpc) is 2.96. The van der Waals surface area contributed by atoms with Crippen molar-refractivity contribution in [3.63, 3.8) is 0 Å². The molecule has 1 unspecified atom stereocenters. The molecule has 178 valence electrons. The first-order valence-corrected chi connectivity index (χ1v) is 13.3. The third kappa shape index (κ3) is 5.03. The molecule has 1 saturated heterocycles. The van der Waals surface area contributed by atoms with Gasteiger partial charge in [-0.1, -0.05) is 57.2 Å². The number of hydrogen-bond acceptors (Lipinski definition) is 3. The number of rotatable bonds is 5. The Kier molecular flexibility index (Phi) is 6.86. The number of nitrogens with zero attached hydrogens (tertiary/aromatic N) is 1. The van der Waals surface area contributed by atoms with Crippen molar-refractivity contribution in [1.29, 1.82) is 0 Å². The molecule has 0 spiro atoms. The minimum atomic E-state index is -0.384. The highest BCUT2D eigenvalue weighted by Crippen LogP contribution is 2.33. The van der Waals surface area contributed by atoms with Gasteiger partial charge in [0.05, 0.1) is 0 Å². The molecule has 5 rings (SSSR count). The van der Waals surface area contributed by atoms with Crippen LogP contribution in [0.25, 0.3) is 0 Å². The number of benzene rings is 1. The van der Waals surface area contributed by atoms with Crippen molar-refractivity contribution in [3.05, 3.63) is 47.2 Å². The third-order valence-corrected chi connectivity index (χ3v) is 8.41. The van der Waals surface area contributed by atoms with Gasteiger partial charge in [0.15, 0.2) is 0 Å². The maximum Gasteiger partial charge on any atom is 0.255 e. The second kappa shape index (κ2) is 10.0. The van der Waals surface area contributed by atoms with Crippen LogP contribution in [0.5, 0.6) is 0 Å². The van der Waals surface area contributed by atoms with Crippen molar-refractivity contribution in [3.8, 4) is 0 Å². The van der Waals surface area contributed by atoms with Crippen LogP contribution in [0.3, 0.4) is 0 Å². The van der Waals surface area contributed by atoms with E-state index in [1.165, 1.54) is 69.8 Å². The van der Waals surface area contributed by atoms with Crippen LogP contribution in [0, 0.1) is 5.92 Å². The summed E-state index contributed by atoms with van der Waals surface area (Å²) in [5.74, 6) is 0.570. The zero-order valence-corrected chi connectivity index (χ0v) is 19.9. The van der Waals surface area contributed by atoms with E-state index in [1.807, 2.05) is 6.07 Å². The lowest BCUT2D eigenvalue weighted by molar-refractivity contribution is -0.126. The molecule has 4 aliphatic rings. The van der Waals surface area contributed by atoms with Crippen LogP contribution < -0.4 is 10.6 Å². The predicted octanol–water partition coefficient (Wildman–Crippen LogP) is 4.85. The van der Waals surface area contributed by atoms with Crippen LogP contribution in [-0.2, 0) is 17.8 Å². The molecule has 2 heterocycles. The number of allylic oxidation sites excluding steroid dienone is 1. The zero-order chi connectivity index (χ0) is 22.8. The van der Waals surface area contributed by atoms with Crippen molar-refractivity contribution in [2.75, 3.05) is 0 Å². The van der Waals surface area contributed by atoms with E-state index in [2.05, 4.69) is 29.3 Å². The highest BCUT2D eigenvalue weighted by molar-refractivity contribution is 6.01. The summed E-state index contributed by atoms with van der Waals surface area (Å²) in [6.07, 6.45) is 15.9. The molecule has 2 N–H and O–H groups in total. The Morgan fingerprint density at radius 1 is 0.970 bits per heavy atom. The number of hydrogen-bond donors (Lipinski definition) is 2. The third-order valence-electron chi connectivity index (χ3n) is 8.41. The van der Waals surface area contributed by atoms with Crippen molar-refractivity contribution < 1.29 is 9.59 Å². The summed E-state index contributed by atoms with van der Waals surface area (Å²) >= 11 is 0. The fourth-order valence-electron chi connectivity index (χ4n) is 6.56. The van der Waals surface area contributed by atoms with Gasteiger partial charge in [0.25, 0.3) is 5.91 Å². The van der Waals surface area contributed by atoms with E-state index in [0.29, 0.717) is 31.0 Å². The lowest BCUT2D eigenvalue weighted by Crippen LogP contribution is -2.49. The SMILES string of the molecule is C=C1CCC(N2Cc3cc(C[C@H]4CCCC[C@@H]4NC4CCCCCC4)ccc3C2=O)C(=O)N1. The van der Waals surface area contributed by atoms with Gasteiger partial charge in [-0.25, -0.2) is 0 Å². The van der Waals surface area contributed by atoms with Crippen LogP contribution in [0.4, 0.5) is 0 Å². The topological polar surface area (TPSA) is 61.4 Å². The summed E-state index contributed by atoms with van der Waals surface area (Å²) in [7, 11) is 0. The van der Waals surface area contributed by atoms with Crippen molar-refractivity contribution >= 4 is 11.8 Å². The van der Waals surface area contributed by atoms with Gasteiger partial charge in [-0.05, 0) is 68.1 Å². The zero-order valence-electron chi connectivity index (χ0n) is 19.9. The normalized spacial score (nSPS) is 29.0. The monoisotopic (exact) mass is 449 g/mol. The molecule has 0 radical (unpaired) electrons. The number of carbonyl (C=O) groups is 2. The maximum absolute atomic E-state index is 13.0. The Balaban J connectivity index is 1.25. The summed E-state index contributed by atoms with van der Waals surface area (Å²) < 4.78 is 0. The Hall–Kier alpha value is -2.14. The van der Waals surface area contributed by atoms with Gasteiger partial charge in [0.2, 0.25) is 5.91 Å². The molecule has 1 aromatic carbocycles. The molecule has 0 aromatic heterocycles. The Labute approximate surface area is 198 Å². The largest absolute Gasteiger partial charge is 0.329 e. The molecule has 2 saturated carbocycles. The second-order valence-corrected chi connectivity index (χ2v) is 10.8. The van der Waals surface area contributed by atoms with Crippen molar-refractivity contribution in [2.24, 2.45) is 5.92 Å². The first-order valence-electron chi connectivity index (χ1n) is 13.3. The van der Waals surface area contributed by atoms with Gasteiger partial charge in [-0.3, -0.25) is 9.59 Å². The molecule has 5 heteroatoms. The summed E-state index contributed by atoms with van der Waals surface area (Å²) in [4.78, 5) is 27.3. The first-order chi connectivity index (χ1) is 16.1. The van der Waals surface area contributed by atoms with E-state index >= 15 is 0 Å². The smallest absolute Gasteiger partial charge is 0.255 e. The molecule has 3 atom stereocenters. The van der Waals surface area contributed by atoms with Crippen LogP contribution in [0.15, 0.2) is 30.5 Å². The van der Waals surface area contributed by atoms with Gasteiger partial charge >= 0.3 is 0 Å². The van der Waals surface area contributed by atoms with Crippen molar-refractivity contribution in [1.82, 2.24) is 15.5 Å². The Bertz CT molecular complexity index is 902. The van der Waals surface area contributed by atoms with Crippen LogP contribution in [-0.4, -0.2) is 34.8 Å². The molecule has 2 amide bonds. The Morgan fingerprint density at radius 2 is 1.73 bits per heavy atom. The quantitative estimate of drug-likeness (QED) is 0.632. The molecule has 1 aromatic rings. The van der Waals surface area contributed by atoms with Crippen LogP contribution in [0.2, 0.25) is 0 Å². The van der Waals surface area contributed by atoms with E-state index < -0.39 is 0 Å². The molecule has 5 nitrogen and oxygen atoms in total. The van der Waals surface area contributed by atoms with E-state index in [-0.39, 0.29) is 17.9 Å². The minimum absolute atomic E-state index is 0.00483. The molecular weight excluding hydrogens is 410 g/mol. The van der Waals surface area contributed by atoms with Crippen LogP contribution >= 0.6 is 0 Å². The minimum Gasteiger partial charge on any atom is -0.329 e. The molecular formula is C28H39N3O2. The van der Waals surface area contributed by atoms with E-state index in [9.17, 15) is 9.59 Å². The summed E-state index contributed by atoms with van der Waals surface area (Å²) in [5, 5.41) is 6.90. The fourth-order valence-corrected chi connectivity index (χ4v) is 6.56. The van der Waals surface area contributed by atoms with E-state index in [4.69, 9.17) is 0 Å². The first kappa shape index (κ1) is 22.6. The average molecular weight is 450 g/mol. The predicted molar refractivity (Wildman–Crippen MR) is 131 cm³/mol. The number of fused-ring (bicyclic) bond motifs is 1. The van der Waals surface area contributed by atoms with Gasteiger partial charge < -0.3 is 15.5 Å². The van der Waals surface area contributed by atoms with E-state index in [1.54, 1.807) is 4.90 Å². The number of piperidine rings is 1. The van der Waals surface area contributed by atoms with E-state index in [0.717, 1.165) is 29.7 Å². The number of carbonyl (C=O) groups excluding carboxylic acids is 2. The maximum atomic E-state index is 13.0. The number of nitrogens with one attached hydrogen (secondary N) is 2. The summed E-state index contributed by atoms with van der Waals surface area (Å²) in [6, 6.07) is 7.33. The van der Waals surface area contributed by atoms with Gasteiger partial charge in [-0.15, -0.1) is 0 Å². The summed E-state index contributed by atoms with van der Waals surface area (Å²) in [6.45, 7) is 4.40. The molecule has 3 fully saturated rings. The molecule has 33 heavy (non-hydrogen) atoms. The summed E-state index contributed by atoms with van der Waals surface area (Å²) in [5.41, 5.74) is 3.94. The molecule has 0 bridgehead atoms. The highest BCUT2D eigenvalue weighted by Gasteiger charge is 2.38. The Morgan fingerprint density at radius 3 is 2.52 bits per heavy atom. The lowest BCUT2D eigenvalue weighted by atomic mass is 9.80. The van der Waals surface area contributed by atoms with Crippen LogP contribution in [0.1, 0.15) is 98.5 Å². The fraction of sp³-hybridized carbons (Fsp3) is 0.643. The highest BCUT2D eigenvalue weighted by atomic mass is 16.2. The number of amides is 2. The lowest BCUT2D eigenvalue weighted by Gasteiger charge is -2.35. The van der Waals surface area contributed by atoms with Gasteiger partial charge in [0.1, 0.15) is 6.04 Å².